The molecule has 0 spiro atoms. The SMILES string of the molecule is CC(C)N(CCNc1nc(Nc2ccc3ncccc3c2)nc2c1ncn2C(C)C)C(C)C. The van der Waals surface area contributed by atoms with Crippen LogP contribution in [-0.2, 0) is 0 Å². The molecule has 0 fully saturated rings. The third-order valence-corrected chi connectivity index (χ3v) is 5.83. The van der Waals surface area contributed by atoms with E-state index in [1.165, 1.54) is 0 Å². The smallest absolute Gasteiger partial charge is 0.231 e. The summed E-state index contributed by atoms with van der Waals surface area (Å²) in [5.74, 6) is 1.29. The van der Waals surface area contributed by atoms with Gasteiger partial charge in [0.25, 0.3) is 0 Å². The Bertz CT molecular complexity index is 1220. The molecule has 0 unspecified atom stereocenters. The van der Waals surface area contributed by atoms with Crippen LogP contribution in [-0.4, -0.2) is 54.6 Å². The number of rotatable bonds is 9. The lowest BCUT2D eigenvalue weighted by Gasteiger charge is -2.30. The molecular formula is C25H34N8. The number of hydrogen-bond donors (Lipinski definition) is 2. The van der Waals surface area contributed by atoms with Crippen molar-refractivity contribution < 1.29 is 0 Å². The third-order valence-electron chi connectivity index (χ3n) is 5.83. The largest absolute Gasteiger partial charge is 0.367 e. The average Bonchev–Trinajstić information content (AvgIpc) is 3.20. The van der Waals surface area contributed by atoms with Gasteiger partial charge in [-0.1, -0.05) is 6.07 Å². The zero-order valence-corrected chi connectivity index (χ0v) is 20.4. The Morgan fingerprint density at radius 3 is 2.48 bits per heavy atom. The lowest BCUT2D eigenvalue weighted by molar-refractivity contribution is 0.182. The summed E-state index contributed by atoms with van der Waals surface area (Å²) in [4.78, 5) is 21.1. The standard InChI is InChI=1S/C25H34N8/c1-16(2)32(17(3)4)13-12-27-23-22-24(33(15-28-22)18(5)6)31-25(30-23)29-20-9-10-21-19(14-20)8-7-11-26-21/h7-11,14-18H,12-13H2,1-6H3,(H2,27,29,30,31). The van der Waals surface area contributed by atoms with Gasteiger partial charge >= 0.3 is 0 Å². The van der Waals surface area contributed by atoms with Gasteiger partial charge in [-0.3, -0.25) is 9.88 Å². The molecule has 0 saturated heterocycles. The molecule has 4 rings (SSSR count). The van der Waals surface area contributed by atoms with E-state index in [1.54, 1.807) is 6.20 Å². The Kier molecular flexibility index (Phi) is 6.74. The number of pyridine rings is 1. The van der Waals surface area contributed by atoms with E-state index in [4.69, 9.17) is 9.97 Å². The average molecular weight is 447 g/mol. The topological polar surface area (TPSA) is 83.8 Å². The van der Waals surface area contributed by atoms with Crippen LogP contribution in [0.2, 0.25) is 0 Å². The highest BCUT2D eigenvalue weighted by Gasteiger charge is 2.17. The maximum absolute atomic E-state index is 4.80. The van der Waals surface area contributed by atoms with Crippen molar-refractivity contribution in [2.24, 2.45) is 0 Å². The number of fused-ring (bicyclic) bond motifs is 2. The molecule has 3 aromatic heterocycles. The van der Waals surface area contributed by atoms with Crippen LogP contribution in [0, 0.1) is 0 Å². The highest BCUT2D eigenvalue weighted by molar-refractivity contribution is 5.86. The van der Waals surface area contributed by atoms with Gasteiger partial charge in [0.15, 0.2) is 17.0 Å². The van der Waals surface area contributed by atoms with Crippen LogP contribution < -0.4 is 10.6 Å². The highest BCUT2D eigenvalue weighted by atomic mass is 15.2. The second-order valence-corrected chi connectivity index (χ2v) is 9.20. The van der Waals surface area contributed by atoms with Gasteiger partial charge in [0.05, 0.1) is 11.8 Å². The van der Waals surface area contributed by atoms with Gasteiger partial charge in [-0.25, -0.2) is 4.98 Å². The highest BCUT2D eigenvalue weighted by Crippen LogP contribution is 2.26. The Hall–Kier alpha value is -3.26. The van der Waals surface area contributed by atoms with E-state index >= 15 is 0 Å². The molecule has 3 heterocycles. The van der Waals surface area contributed by atoms with Crippen molar-refractivity contribution in [2.75, 3.05) is 23.7 Å². The van der Waals surface area contributed by atoms with E-state index in [2.05, 4.69) is 77.7 Å². The molecule has 2 N–H and O–H groups in total. The maximum Gasteiger partial charge on any atom is 0.231 e. The second-order valence-electron chi connectivity index (χ2n) is 9.20. The number of nitrogens with zero attached hydrogens (tertiary/aromatic N) is 6. The molecule has 174 valence electrons. The third kappa shape index (κ3) is 5.06. The van der Waals surface area contributed by atoms with Crippen molar-refractivity contribution in [1.82, 2.24) is 29.4 Å². The summed E-state index contributed by atoms with van der Waals surface area (Å²) in [6.45, 7) is 14.9. The zero-order valence-electron chi connectivity index (χ0n) is 20.4. The summed E-state index contributed by atoms with van der Waals surface area (Å²) in [6, 6.07) is 11.3. The molecule has 33 heavy (non-hydrogen) atoms. The molecule has 0 bridgehead atoms. The first kappa shape index (κ1) is 22.9. The molecule has 0 saturated carbocycles. The zero-order chi connectivity index (χ0) is 23.5. The summed E-state index contributed by atoms with van der Waals surface area (Å²) >= 11 is 0. The van der Waals surface area contributed by atoms with Crippen LogP contribution in [0.4, 0.5) is 17.5 Å². The Morgan fingerprint density at radius 2 is 1.76 bits per heavy atom. The van der Waals surface area contributed by atoms with Gasteiger partial charge in [-0.15, -0.1) is 0 Å². The Morgan fingerprint density at radius 1 is 0.970 bits per heavy atom. The van der Waals surface area contributed by atoms with Gasteiger partial charge in [-0.05, 0) is 65.8 Å². The van der Waals surface area contributed by atoms with Crippen molar-refractivity contribution in [2.45, 2.75) is 59.7 Å². The van der Waals surface area contributed by atoms with Crippen molar-refractivity contribution in [1.29, 1.82) is 0 Å². The molecule has 8 nitrogen and oxygen atoms in total. The van der Waals surface area contributed by atoms with Crippen LogP contribution in [0.5, 0.6) is 0 Å². The molecule has 0 aliphatic carbocycles. The summed E-state index contributed by atoms with van der Waals surface area (Å²) < 4.78 is 2.08. The number of hydrogen-bond acceptors (Lipinski definition) is 7. The maximum atomic E-state index is 4.80. The van der Waals surface area contributed by atoms with Crippen LogP contribution in [0.15, 0.2) is 42.9 Å². The van der Waals surface area contributed by atoms with E-state index in [-0.39, 0.29) is 6.04 Å². The van der Waals surface area contributed by atoms with Crippen LogP contribution >= 0.6 is 0 Å². The molecule has 0 radical (unpaired) electrons. The monoisotopic (exact) mass is 446 g/mol. The van der Waals surface area contributed by atoms with E-state index in [0.29, 0.717) is 18.0 Å². The van der Waals surface area contributed by atoms with Crippen LogP contribution in [0.25, 0.3) is 22.1 Å². The van der Waals surface area contributed by atoms with E-state index in [9.17, 15) is 0 Å². The summed E-state index contributed by atoms with van der Waals surface area (Å²) in [5.41, 5.74) is 3.48. The Balaban J connectivity index is 1.64. The molecule has 0 atom stereocenters. The van der Waals surface area contributed by atoms with Gasteiger partial charge in [0.1, 0.15) is 0 Å². The minimum absolute atomic E-state index is 0.245. The number of aromatic nitrogens is 5. The quantitative estimate of drug-likeness (QED) is 0.364. The fourth-order valence-corrected chi connectivity index (χ4v) is 4.17. The predicted octanol–water partition coefficient (Wildman–Crippen LogP) is 5.23. The van der Waals surface area contributed by atoms with E-state index in [1.807, 2.05) is 30.6 Å². The van der Waals surface area contributed by atoms with Crippen molar-refractivity contribution >= 4 is 39.5 Å². The molecule has 0 amide bonds. The molecule has 8 heteroatoms. The van der Waals surface area contributed by atoms with Crippen molar-refractivity contribution in [3.63, 3.8) is 0 Å². The van der Waals surface area contributed by atoms with Crippen molar-refractivity contribution in [3.8, 4) is 0 Å². The molecule has 0 aliphatic heterocycles. The minimum atomic E-state index is 0.245. The van der Waals surface area contributed by atoms with Gasteiger partial charge < -0.3 is 15.2 Å². The first-order chi connectivity index (χ1) is 15.8. The number of anilines is 3. The fraction of sp³-hybridized carbons (Fsp3) is 0.440. The second kappa shape index (κ2) is 9.70. The molecule has 0 aliphatic rings. The fourth-order valence-electron chi connectivity index (χ4n) is 4.17. The first-order valence-corrected chi connectivity index (χ1v) is 11.7. The molecule has 1 aromatic carbocycles. The van der Waals surface area contributed by atoms with Crippen molar-refractivity contribution in [3.05, 3.63) is 42.9 Å². The van der Waals surface area contributed by atoms with Crippen LogP contribution in [0.3, 0.4) is 0 Å². The van der Waals surface area contributed by atoms with Gasteiger partial charge in [0, 0.05) is 48.5 Å². The van der Waals surface area contributed by atoms with Gasteiger partial charge in [0.2, 0.25) is 5.95 Å². The lowest BCUT2D eigenvalue weighted by atomic mass is 10.2. The van der Waals surface area contributed by atoms with E-state index < -0.39 is 0 Å². The first-order valence-electron chi connectivity index (χ1n) is 11.7. The number of benzene rings is 1. The molecule has 4 aromatic rings. The number of imidazole rings is 1. The predicted molar refractivity (Wildman–Crippen MR) is 136 cm³/mol. The van der Waals surface area contributed by atoms with E-state index in [0.717, 1.165) is 46.7 Å². The van der Waals surface area contributed by atoms with Gasteiger partial charge in [-0.2, -0.15) is 9.97 Å². The summed E-state index contributed by atoms with van der Waals surface area (Å²) in [5, 5.41) is 7.96. The number of nitrogens with one attached hydrogen (secondary N) is 2. The minimum Gasteiger partial charge on any atom is -0.367 e. The summed E-state index contributed by atoms with van der Waals surface area (Å²) in [7, 11) is 0. The Labute approximate surface area is 195 Å². The van der Waals surface area contributed by atoms with Crippen LogP contribution in [0.1, 0.15) is 47.6 Å². The summed E-state index contributed by atoms with van der Waals surface area (Å²) in [6.07, 6.45) is 3.65. The lowest BCUT2D eigenvalue weighted by Crippen LogP contribution is -2.40. The molecular weight excluding hydrogens is 412 g/mol. The normalized spacial score (nSPS) is 12.1.